The van der Waals surface area contributed by atoms with E-state index in [0.717, 1.165) is 31.9 Å². The van der Waals surface area contributed by atoms with Gasteiger partial charge in [-0.15, -0.1) is 0 Å². The van der Waals surface area contributed by atoms with Gasteiger partial charge in [0.15, 0.2) is 5.78 Å². The van der Waals surface area contributed by atoms with Crippen LogP contribution in [0.5, 0.6) is 5.75 Å². The molecule has 0 radical (unpaired) electrons. The van der Waals surface area contributed by atoms with Crippen LogP contribution in [0, 0.1) is 5.82 Å². The van der Waals surface area contributed by atoms with Crippen LogP contribution in [0.15, 0.2) is 78.9 Å². The lowest BCUT2D eigenvalue weighted by molar-refractivity contribution is 0.0657. The first kappa shape index (κ1) is 22.0. The number of aliphatic hydroxyl groups is 1. The van der Waals surface area contributed by atoms with E-state index in [9.17, 15) is 14.3 Å². The van der Waals surface area contributed by atoms with Gasteiger partial charge in [0.2, 0.25) is 0 Å². The number of carbonyl (C=O) groups is 1. The van der Waals surface area contributed by atoms with Crippen molar-refractivity contribution in [1.82, 2.24) is 4.90 Å². The van der Waals surface area contributed by atoms with Crippen LogP contribution in [0.3, 0.4) is 0 Å². The summed E-state index contributed by atoms with van der Waals surface area (Å²) in [4.78, 5) is 17.2. The standard InChI is InChI=1S/C26H27FN2O3/c27-21-10-12-22(13-11-21)29-16-14-28(15-17-29)18-23(30)19-32-25-9-5-4-8-24(25)26(31)20-6-2-1-3-7-20/h1-13,23,30H,14-19H2. The number of piperazine rings is 1. The molecule has 1 heterocycles. The Labute approximate surface area is 187 Å². The van der Waals surface area contributed by atoms with Gasteiger partial charge in [-0.3, -0.25) is 9.69 Å². The maximum atomic E-state index is 13.1. The highest BCUT2D eigenvalue weighted by Crippen LogP contribution is 2.22. The average Bonchev–Trinajstić information content (AvgIpc) is 2.84. The number of para-hydroxylation sites is 1. The van der Waals surface area contributed by atoms with Crippen LogP contribution >= 0.6 is 0 Å². The van der Waals surface area contributed by atoms with Crippen LogP contribution < -0.4 is 9.64 Å². The molecule has 3 aromatic carbocycles. The van der Waals surface area contributed by atoms with Gasteiger partial charge in [-0.25, -0.2) is 4.39 Å². The molecule has 166 valence electrons. The average molecular weight is 435 g/mol. The molecule has 5 nitrogen and oxygen atoms in total. The molecule has 1 unspecified atom stereocenters. The minimum absolute atomic E-state index is 0.104. The monoisotopic (exact) mass is 434 g/mol. The molecule has 1 saturated heterocycles. The van der Waals surface area contributed by atoms with Crippen molar-refractivity contribution in [3.8, 4) is 5.75 Å². The molecule has 0 saturated carbocycles. The van der Waals surface area contributed by atoms with Gasteiger partial charge in [-0.1, -0.05) is 42.5 Å². The molecule has 6 heteroatoms. The lowest BCUT2D eigenvalue weighted by atomic mass is 10.0. The molecular weight excluding hydrogens is 407 g/mol. The summed E-state index contributed by atoms with van der Waals surface area (Å²) in [6.45, 7) is 3.83. The van der Waals surface area contributed by atoms with Gasteiger partial charge in [0.25, 0.3) is 0 Å². The fraction of sp³-hybridized carbons (Fsp3) is 0.269. The fourth-order valence-electron chi connectivity index (χ4n) is 3.90. The van der Waals surface area contributed by atoms with E-state index < -0.39 is 6.10 Å². The first-order valence-corrected chi connectivity index (χ1v) is 10.8. The Morgan fingerprint density at radius 3 is 2.28 bits per heavy atom. The molecule has 1 N–H and O–H groups in total. The largest absolute Gasteiger partial charge is 0.490 e. The number of rotatable bonds is 8. The van der Waals surface area contributed by atoms with Crippen molar-refractivity contribution in [3.63, 3.8) is 0 Å². The number of β-amino-alcohol motifs (C(OH)–C–C–N with tert-alkyl or cyclic N) is 1. The van der Waals surface area contributed by atoms with E-state index in [2.05, 4.69) is 9.80 Å². The maximum Gasteiger partial charge on any atom is 0.196 e. The summed E-state index contributed by atoms with van der Waals surface area (Å²) < 4.78 is 19.0. The Kier molecular flexibility index (Phi) is 7.14. The highest BCUT2D eigenvalue weighted by Gasteiger charge is 2.21. The van der Waals surface area contributed by atoms with E-state index in [0.29, 0.717) is 23.4 Å². The third kappa shape index (κ3) is 5.52. The maximum absolute atomic E-state index is 13.1. The van der Waals surface area contributed by atoms with Crippen LogP contribution in [0.4, 0.5) is 10.1 Å². The van der Waals surface area contributed by atoms with Crippen molar-refractivity contribution in [2.24, 2.45) is 0 Å². The molecule has 0 bridgehead atoms. The third-order valence-corrected chi connectivity index (χ3v) is 5.63. The van der Waals surface area contributed by atoms with Gasteiger partial charge in [-0.05, 0) is 36.4 Å². The summed E-state index contributed by atoms with van der Waals surface area (Å²) in [7, 11) is 0. The Hall–Kier alpha value is -3.22. The predicted octanol–water partition coefficient (Wildman–Crippen LogP) is 3.62. The zero-order chi connectivity index (χ0) is 22.3. The number of ether oxygens (including phenoxy) is 1. The van der Waals surface area contributed by atoms with Crippen molar-refractivity contribution in [2.75, 3.05) is 44.2 Å². The predicted molar refractivity (Wildman–Crippen MR) is 123 cm³/mol. The van der Waals surface area contributed by atoms with Crippen molar-refractivity contribution in [2.45, 2.75) is 6.10 Å². The van der Waals surface area contributed by atoms with Gasteiger partial charge in [0, 0.05) is 44.0 Å². The summed E-state index contributed by atoms with van der Waals surface area (Å²) in [5, 5.41) is 10.5. The molecule has 1 aliphatic heterocycles. The number of anilines is 1. The van der Waals surface area contributed by atoms with Gasteiger partial charge in [-0.2, -0.15) is 0 Å². The second-order valence-corrected chi connectivity index (χ2v) is 7.92. The lowest BCUT2D eigenvalue weighted by Gasteiger charge is -2.36. The summed E-state index contributed by atoms with van der Waals surface area (Å²) in [6, 6.07) is 22.7. The number of benzene rings is 3. The molecule has 0 aliphatic carbocycles. The van der Waals surface area contributed by atoms with Crippen LogP contribution in [-0.2, 0) is 0 Å². The molecule has 0 spiro atoms. The van der Waals surface area contributed by atoms with Gasteiger partial charge < -0.3 is 14.7 Å². The summed E-state index contributed by atoms with van der Waals surface area (Å²) in [5.41, 5.74) is 2.09. The van der Waals surface area contributed by atoms with Crippen molar-refractivity contribution >= 4 is 11.5 Å². The molecule has 0 amide bonds. The topological polar surface area (TPSA) is 53.0 Å². The van der Waals surface area contributed by atoms with E-state index in [1.165, 1.54) is 12.1 Å². The zero-order valence-corrected chi connectivity index (χ0v) is 17.9. The number of aliphatic hydroxyl groups excluding tert-OH is 1. The zero-order valence-electron chi connectivity index (χ0n) is 17.9. The van der Waals surface area contributed by atoms with Crippen molar-refractivity contribution in [3.05, 3.63) is 95.8 Å². The number of hydrogen-bond donors (Lipinski definition) is 1. The number of ketones is 1. The summed E-state index contributed by atoms with van der Waals surface area (Å²) in [6.07, 6.45) is -0.674. The molecule has 1 aliphatic rings. The van der Waals surface area contributed by atoms with Crippen molar-refractivity contribution in [1.29, 1.82) is 0 Å². The second-order valence-electron chi connectivity index (χ2n) is 7.92. The van der Waals surface area contributed by atoms with E-state index in [1.807, 2.05) is 24.3 Å². The smallest absolute Gasteiger partial charge is 0.196 e. The molecule has 32 heavy (non-hydrogen) atoms. The summed E-state index contributed by atoms with van der Waals surface area (Å²) >= 11 is 0. The SMILES string of the molecule is O=C(c1ccccc1)c1ccccc1OCC(O)CN1CCN(c2ccc(F)cc2)CC1. The van der Waals surface area contributed by atoms with Crippen LogP contribution in [0.2, 0.25) is 0 Å². The fourth-order valence-corrected chi connectivity index (χ4v) is 3.90. The van der Waals surface area contributed by atoms with Crippen molar-refractivity contribution < 1.29 is 19.0 Å². The molecule has 4 rings (SSSR count). The van der Waals surface area contributed by atoms with E-state index in [1.54, 1.807) is 42.5 Å². The van der Waals surface area contributed by atoms with Gasteiger partial charge >= 0.3 is 0 Å². The van der Waals surface area contributed by atoms with E-state index in [4.69, 9.17) is 4.74 Å². The Bertz CT molecular complexity index is 1020. The Morgan fingerprint density at radius 1 is 0.906 bits per heavy atom. The molecule has 3 aromatic rings. The minimum Gasteiger partial charge on any atom is -0.490 e. The van der Waals surface area contributed by atoms with Crippen LogP contribution in [0.25, 0.3) is 0 Å². The molecule has 1 atom stereocenters. The highest BCUT2D eigenvalue weighted by molar-refractivity contribution is 6.10. The third-order valence-electron chi connectivity index (χ3n) is 5.63. The van der Waals surface area contributed by atoms with Crippen LogP contribution in [-0.4, -0.2) is 61.2 Å². The molecule has 0 aromatic heterocycles. The first-order chi connectivity index (χ1) is 15.6. The lowest BCUT2D eigenvalue weighted by Crippen LogP contribution is -2.49. The number of nitrogens with zero attached hydrogens (tertiary/aromatic N) is 2. The molecule has 1 fully saturated rings. The normalized spacial score (nSPS) is 15.4. The second kappa shape index (κ2) is 10.4. The highest BCUT2D eigenvalue weighted by atomic mass is 19.1. The summed E-state index contributed by atoms with van der Waals surface area (Å²) in [5.74, 6) is 0.136. The van der Waals surface area contributed by atoms with E-state index in [-0.39, 0.29) is 18.2 Å². The Morgan fingerprint density at radius 2 is 1.56 bits per heavy atom. The molecular formula is C26H27FN2O3. The van der Waals surface area contributed by atoms with Gasteiger partial charge in [0.1, 0.15) is 24.3 Å². The number of carbonyl (C=O) groups excluding carboxylic acids is 1. The quantitative estimate of drug-likeness (QED) is 0.549. The van der Waals surface area contributed by atoms with E-state index >= 15 is 0 Å². The number of halogens is 1. The number of hydrogen-bond acceptors (Lipinski definition) is 5. The minimum atomic E-state index is -0.674. The first-order valence-electron chi connectivity index (χ1n) is 10.8. The van der Waals surface area contributed by atoms with Gasteiger partial charge in [0.05, 0.1) is 5.56 Å². The van der Waals surface area contributed by atoms with Crippen LogP contribution in [0.1, 0.15) is 15.9 Å². The Balaban J connectivity index is 1.28.